The van der Waals surface area contributed by atoms with Crippen LogP contribution in [0.5, 0.6) is 11.5 Å². The molecule has 1 fully saturated rings. The van der Waals surface area contributed by atoms with Crippen molar-refractivity contribution < 1.29 is 9.13 Å². The molecular weight excluding hydrogens is 367 g/mol. The fraction of sp³-hybridized carbons (Fsp3) is 0.348. The first-order chi connectivity index (χ1) is 14.2. The number of nitrogens with zero attached hydrogens (tertiary/aromatic N) is 2. The van der Waals surface area contributed by atoms with Gasteiger partial charge in [-0.05, 0) is 31.0 Å². The Labute approximate surface area is 172 Å². The van der Waals surface area contributed by atoms with Crippen molar-refractivity contribution in [3.05, 3.63) is 72.6 Å². The lowest BCUT2D eigenvalue weighted by atomic mass is 10.1. The van der Waals surface area contributed by atoms with Crippen LogP contribution in [0.1, 0.15) is 18.4 Å². The molecule has 154 valence electrons. The van der Waals surface area contributed by atoms with E-state index in [2.05, 4.69) is 27.1 Å². The number of ether oxygens (including phenoxy) is 1. The van der Waals surface area contributed by atoms with E-state index in [4.69, 9.17) is 4.74 Å². The SMILES string of the molecule is C=CCN1CCC(NC(=NC)NCc2ccccc2Oc2ccccc2F)CC1. The van der Waals surface area contributed by atoms with Gasteiger partial charge >= 0.3 is 0 Å². The maximum Gasteiger partial charge on any atom is 0.191 e. The Balaban J connectivity index is 1.56. The summed E-state index contributed by atoms with van der Waals surface area (Å²) >= 11 is 0. The van der Waals surface area contributed by atoms with E-state index in [0.717, 1.165) is 44.0 Å². The van der Waals surface area contributed by atoms with Gasteiger partial charge in [0.25, 0.3) is 0 Å². The zero-order valence-corrected chi connectivity index (χ0v) is 16.9. The Morgan fingerprint density at radius 2 is 1.86 bits per heavy atom. The number of piperidine rings is 1. The number of likely N-dealkylation sites (tertiary alicyclic amines) is 1. The van der Waals surface area contributed by atoms with Gasteiger partial charge in [-0.25, -0.2) is 4.39 Å². The first kappa shape index (κ1) is 20.9. The van der Waals surface area contributed by atoms with Gasteiger partial charge in [-0.15, -0.1) is 6.58 Å². The van der Waals surface area contributed by atoms with E-state index in [1.807, 2.05) is 30.3 Å². The molecule has 3 rings (SSSR count). The molecule has 1 aliphatic rings. The van der Waals surface area contributed by atoms with Gasteiger partial charge in [0, 0.05) is 44.8 Å². The Morgan fingerprint density at radius 1 is 1.17 bits per heavy atom. The summed E-state index contributed by atoms with van der Waals surface area (Å²) in [4.78, 5) is 6.74. The highest BCUT2D eigenvalue weighted by Gasteiger charge is 2.19. The molecule has 0 spiro atoms. The molecule has 29 heavy (non-hydrogen) atoms. The van der Waals surface area contributed by atoms with Crippen LogP contribution in [0.15, 0.2) is 66.2 Å². The van der Waals surface area contributed by atoms with Gasteiger partial charge in [0.1, 0.15) is 5.75 Å². The first-order valence-electron chi connectivity index (χ1n) is 10.0. The van der Waals surface area contributed by atoms with Crippen molar-refractivity contribution in [1.29, 1.82) is 0 Å². The second kappa shape index (κ2) is 10.6. The van der Waals surface area contributed by atoms with Crippen molar-refractivity contribution in [2.75, 3.05) is 26.7 Å². The molecule has 0 radical (unpaired) electrons. The first-order valence-corrected chi connectivity index (χ1v) is 10.0. The molecule has 0 aliphatic carbocycles. The number of para-hydroxylation sites is 2. The van der Waals surface area contributed by atoms with Crippen LogP contribution >= 0.6 is 0 Å². The number of guanidine groups is 1. The third-order valence-electron chi connectivity index (χ3n) is 5.01. The minimum Gasteiger partial charge on any atom is -0.454 e. The quantitative estimate of drug-likeness (QED) is 0.423. The number of hydrogen-bond donors (Lipinski definition) is 2. The molecule has 0 amide bonds. The van der Waals surface area contributed by atoms with Crippen LogP contribution in [0.3, 0.4) is 0 Å². The van der Waals surface area contributed by atoms with Gasteiger partial charge in [0.2, 0.25) is 0 Å². The van der Waals surface area contributed by atoms with Gasteiger partial charge in [-0.2, -0.15) is 0 Å². The number of benzene rings is 2. The van der Waals surface area contributed by atoms with Crippen LogP contribution in [0.4, 0.5) is 4.39 Å². The third kappa shape index (κ3) is 6.06. The fourth-order valence-electron chi connectivity index (χ4n) is 3.40. The lowest BCUT2D eigenvalue weighted by molar-refractivity contribution is 0.225. The van der Waals surface area contributed by atoms with E-state index in [-0.39, 0.29) is 11.6 Å². The zero-order valence-electron chi connectivity index (χ0n) is 16.9. The molecule has 2 aromatic carbocycles. The standard InChI is InChI=1S/C23H29FN4O/c1-3-14-28-15-12-19(13-16-28)27-23(25-2)26-17-18-8-4-6-10-21(18)29-22-11-7-5-9-20(22)24/h3-11,19H,1,12-17H2,2H3,(H2,25,26,27). The van der Waals surface area contributed by atoms with Crippen molar-refractivity contribution in [3.8, 4) is 11.5 Å². The monoisotopic (exact) mass is 396 g/mol. The number of aliphatic imine (C=N–C) groups is 1. The van der Waals surface area contributed by atoms with Gasteiger partial charge < -0.3 is 15.4 Å². The maximum atomic E-state index is 13.9. The molecule has 2 aromatic rings. The lowest BCUT2D eigenvalue weighted by Crippen LogP contribution is -2.48. The minimum atomic E-state index is -0.379. The van der Waals surface area contributed by atoms with E-state index in [0.29, 0.717) is 18.3 Å². The second-order valence-electron chi connectivity index (χ2n) is 7.07. The average Bonchev–Trinajstić information content (AvgIpc) is 2.75. The van der Waals surface area contributed by atoms with Crippen LogP contribution in [0, 0.1) is 5.82 Å². The van der Waals surface area contributed by atoms with Crippen LogP contribution < -0.4 is 15.4 Å². The van der Waals surface area contributed by atoms with Crippen molar-refractivity contribution in [3.63, 3.8) is 0 Å². The third-order valence-corrected chi connectivity index (χ3v) is 5.01. The van der Waals surface area contributed by atoms with Crippen LogP contribution in [-0.4, -0.2) is 43.6 Å². The molecule has 0 bridgehead atoms. The zero-order chi connectivity index (χ0) is 20.5. The largest absolute Gasteiger partial charge is 0.454 e. The van der Waals surface area contributed by atoms with Gasteiger partial charge in [0.15, 0.2) is 17.5 Å². The van der Waals surface area contributed by atoms with Crippen LogP contribution in [0.25, 0.3) is 0 Å². The Kier molecular flexibility index (Phi) is 7.64. The molecule has 1 heterocycles. The highest BCUT2D eigenvalue weighted by molar-refractivity contribution is 5.80. The second-order valence-corrected chi connectivity index (χ2v) is 7.07. The Bertz CT molecular complexity index is 831. The lowest BCUT2D eigenvalue weighted by Gasteiger charge is -2.32. The minimum absolute atomic E-state index is 0.216. The van der Waals surface area contributed by atoms with Gasteiger partial charge in [-0.3, -0.25) is 9.89 Å². The summed E-state index contributed by atoms with van der Waals surface area (Å²) in [6.45, 7) is 7.39. The number of halogens is 1. The van der Waals surface area contributed by atoms with Gasteiger partial charge in [0.05, 0.1) is 0 Å². The van der Waals surface area contributed by atoms with E-state index >= 15 is 0 Å². The molecule has 0 saturated carbocycles. The van der Waals surface area contributed by atoms with Crippen molar-refractivity contribution in [2.45, 2.75) is 25.4 Å². The summed E-state index contributed by atoms with van der Waals surface area (Å²) in [5.74, 6) is 1.22. The predicted octanol–water partition coefficient (Wildman–Crippen LogP) is 3.93. The Morgan fingerprint density at radius 3 is 2.55 bits per heavy atom. The number of rotatable bonds is 7. The van der Waals surface area contributed by atoms with Crippen LogP contribution in [-0.2, 0) is 6.54 Å². The normalized spacial score (nSPS) is 15.7. The summed E-state index contributed by atoms with van der Waals surface area (Å²) in [5.41, 5.74) is 0.930. The average molecular weight is 397 g/mol. The highest BCUT2D eigenvalue weighted by Crippen LogP contribution is 2.27. The van der Waals surface area contributed by atoms with Crippen molar-refractivity contribution in [1.82, 2.24) is 15.5 Å². The molecule has 0 unspecified atom stereocenters. The van der Waals surface area contributed by atoms with Gasteiger partial charge in [-0.1, -0.05) is 36.4 Å². The summed E-state index contributed by atoms with van der Waals surface area (Å²) in [6, 6.07) is 14.4. The molecule has 2 N–H and O–H groups in total. The Hall–Kier alpha value is -2.86. The molecular formula is C23H29FN4O. The summed E-state index contributed by atoms with van der Waals surface area (Å²) in [6.07, 6.45) is 4.10. The van der Waals surface area contributed by atoms with E-state index in [9.17, 15) is 4.39 Å². The predicted molar refractivity (Wildman–Crippen MR) is 116 cm³/mol. The summed E-state index contributed by atoms with van der Waals surface area (Å²) in [5, 5.41) is 6.85. The number of nitrogens with one attached hydrogen (secondary N) is 2. The molecule has 0 atom stereocenters. The molecule has 6 heteroatoms. The van der Waals surface area contributed by atoms with Crippen molar-refractivity contribution in [2.24, 2.45) is 4.99 Å². The smallest absolute Gasteiger partial charge is 0.191 e. The van der Waals surface area contributed by atoms with E-state index < -0.39 is 0 Å². The molecule has 1 aliphatic heterocycles. The van der Waals surface area contributed by atoms with Crippen molar-refractivity contribution >= 4 is 5.96 Å². The fourth-order valence-corrected chi connectivity index (χ4v) is 3.40. The maximum absolute atomic E-state index is 13.9. The van der Waals surface area contributed by atoms with E-state index in [1.54, 1.807) is 25.2 Å². The summed E-state index contributed by atoms with van der Waals surface area (Å²) < 4.78 is 19.7. The molecule has 5 nitrogen and oxygen atoms in total. The summed E-state index contributed by atoms with van der Waals surface area (Å²) in [7, 11) is 1.77. The van der Waals surface area contributed by atoms with E-state index in [1.165, 1.54) is 6.07 Å². The van der Waals surface area contributed by atoms with Crippen LogP contribution in [0.2, 0.25) is 0 Å². The molecule has 0 aromatic heterocycles. The molecule has 1 saturated heterocycles. The highest BCUT2D eigenvalue weighted by atomic mass is 19.1. The number of hydrogen-bond acceptors (Lipinski definition) is 3. The topological polar surface area (TPSA) is 48.9 Å².